The van der Waals surface area contributed by atoms with Crippen LogP contribution in [0.3, 0.4) is 0 Å². The van der Waals surface area contributed by atoms with E-state index in [0.29, 0.717) is 5.56 Å². The number of rotatable bonds is 1. The van der Waals surface area contributed by atoms with Gasteiger partial charge in [-0.15, -0.1) is 0 Å². The van der Waals surface area contributed by atoms with Gasteiger partial charge in [0, 0.05) is 16.8 Å². The van der Waals surface area contributed by atoms with Gasteiger partial charge in [0.1, 0.15) is 18.2 Å². The van der Waals surface area contributed by atoms with Crippen molar-refractivity contribution in [2.75, 3.05) is 0 Å². The van der Waals surface area contributed by atoms with Crippen LogP contribution in [0.2, 0.25) is 0 Å². The Labute approximate surface area is 156 Å². The molecule has 0 atom stereocenters. The highest BCUT2D eigenvalue weighted by Crippen LogP contribution is 2.39. The van der Waals surface area contributed by atoms with Crippen LogP contribution in [0.25, 0.3) is 44.0 Å². The Bertz CT molecular complexity index is 1400. The smallest absolute Gasteiger partial charge is 0.224 e. The molecule has 0 amide bonds. The standard InChI is InChI=1S/C24H17N2O/c1-15-10-11-19-22-17(14-25)7-5-9-20(22)27-24(19)21(15)23-18-8-4-3-6-16(18)12-13-26(23)2/h3-13H,1-2H3/q+1. The molecule has 0 saturated carbocycles. The molecule has 0 radical (unpaired) electrons. The summed E-state index contributed by atoms with van der Waals surface area (Å²) in [6.45, 7) is 2.11. The van der Waals surface area contributed by atoms with Crippen molar-refractivity contribution in [3.05, 3.63) is 78.0 Å². The third-order valence-corrected chi connectivity index (χ3v) is 5.28. The van der Waals surface area contributed by atoms with Gasteiger partial charge in [0.2, 0.25) is 5.69 Å². The monoisotopic (exact) mass is 349 g/mol. The SMILES string of the molecule is Cc1ccc2c(oc3cccc(C#N)c32)c1-c1c2ccccc2cc[n+]1C. The van der Waals surface area contributed by atoms with Gasteiger partial charge in [-0.05, 0) is 36.1 Å². The summed E-state index contributed by atoms with van der Waals surface area (Å²) in [5.74, 6) is 0. The number of furan rings is 1. The van der Waals surface area contributed by atoms with Crippen LogP contribution in [0.15, 0.2) is 71.3 Å². The Morgan fingerprint density at radius 3 is 2.63 bits per heavy atom. The lowest BCUT2D eigenvalue weighted by Gasteiger charge is -2.08. The van der Waals surface area contributed by atoms with Crippen LogP contribution in [0.5, 0.6) is 0 Å². The molecule has 0 saturated heterocycles. The summed E-state index contributed by atoms with van der Waals surface area (Å²) in [4.78, 5) is 0. The molecule has 0 N–H and O–H groups in total. The second-order valence-corrected chi connectivity index (χ2v) is 6.89. The number of pyridine rings is 1. The van der Waals surface area contributed by atoms with Crippen molar-refractivity contribution >= 4 is 32.7 Å². The number of fused-ring (bicyclic) bond motifs is 4. The first-order chi connectivity index (χ1) is 13.2. The Balaban J connectivity index is 2.00. The summed E-state index contributed by atoms with van der Waals surface area (Å²) in [5, 5.41) is 13.8. The molecule has 2 heterocycles. The summed E-state index contributed by atoms with van der Waals surface area (Å²) in [7, 11) is 2.06. The van der Waals surface area contributed by atoms with E-state index in [1.165, 1.54) is 10.8 Å². The maximum Gasteiger partial charge on any atom is 0.224 e. The molecule has 5 rings (SSSR count). The summed E-state index contributed by atoms with van der Waals surface area (Å²) in [5.41, 5.74) is 5.56. The molecule has 0 fully saturated rings. The van der Waals surface area contributed by atoms with Gasteiger partial charge < -0.3 is 4.42 Å². The average Bonchev–Trinajstić information content (AvgIpc) is 3.07. The number of hydrogen-bond acceptors (Lipinski definition) is 2. The normalized spacial score (nSPS) is 11.3. The van der Waals surface area contributed by atoms with E-state index in [-0.39, 0.29) is 0 Å². The van der Waals surface area contributed by atoms with Gasteiger partial charge in [-0.25, -0.2) is 4.57 Å². The van der Waals surface area contributed by atoms with E-state index < -0.39 is 0 Å². The molecule has 3 nitrogen and oxygen atoms in total. The van der Waals surface area contributed by atoms with E-state index in [2.05, 4.69) is 73.3 Å². The maximum atomic E-state index is 9.54. The summed E-state index contributed by atoms with van der Waals surface area (Å²) < 4.78 is 8.44. The van der Waals surface area contributed by atoms with E-state index in [1.54, 1.807) is 0 Å². The van der Waals surface area contributed by atoms with Crippen LogP contribution in [0, 0.1) is 18.3 Å². The number of hydrogen-bond donors (Lipinski definition) is 0. The predicted octanol–water partition coefficient (Wildman–Crippen LogP) is 5.41. The molecule has 5 aromatic rings. The van der Waals surface area contributed by atoms with Crippen LogP contribution < -0.4 is 4.57 Å². The number of nitriles is 1. The first kappa shape index (κ1) is 15.6. The fourth-order valence-corrected chi connectivity index (χ4v) is 4.00. The number of nitrogens with zero attached hydrogens (tertiary/aromatic N) is 2. The van der Waals surface area contributed by atoms with Crippen molar-refractivity contribution in [1.82, 2.24) is 0 Å². The van der Waals surface area contributed by atoms with Gasteiger partial charge in [-0.2, -0.15) is 5.26 Å². The molecule has 2 aromatic heterocycles. The van der Waals surface area contributed by atoms with Crippen molar-refractivity contribution < 1.29 is 8.98 Å². The summed E-state index contributed by atoms with van der Waals surface area (Å²) >= 11 is 0. The van der Waals surface area contributed by atoms with Gasteiger partial charge in [0.25, 0.3) is 0 Å². The van der Waals surface area contributed by atoms with Gasteiger partial charge in [-0.3, -0.25) is 0 Å². The molecular formula is C24H17N2O+. The van der Waals surface area contributed by atoms with Crippen molar-refractivity contribution in [3.8, 4) is 17.3 Å². The minimum absolute atomic E-state index is 0.642. The van der Waals surface area contributed by atoms with Gasteiger partial charge in [0.15, 0.2) is 6.20 Å². The molecule has 3 heteroatoms. The first-order valence-electron chi connectivity index (χ1n) is 8.91. The molecule has 0 bridgehead atoms. The van der Waals surface area contributed by atoms with Crippen LogP contribution in [-0.2, 0) is 7.05 Å². The summed E-state index contributed by atoms with van der Waals surface area (Å²) in [6, 6.07) is 22.6. The Morgan fingerprint density at radius 2 is 1.78 bits per heavy atom. The zero-order valence-electron chi connectivity index (χ0n) is 15.2. The molecule has 0 aliphatic carbocycles. The van der Waals surface area contributed by atoms with E-state index >= 15 is 0 Å². The van der Waals surface area contributed by atoms with Crippen LogP contribution >= 0.6 is 0 Å². The molecule has 0 unspecified atom stereocenters. The topological polar surface area (TPSA) is 40.8 Å². The maximum absolute atomic E-state index is 9.54. The molecular weight excluding hydrogens is 332 g/mol. The second kappa shape index (κ2) is 5.69. The number of aromatic nitrogens is 1. The number of aryl methyl sites for hydroxylation is 2. The van der Waals surface area contributed by atoms with Crippen molar-refractivity contribution in [3.63, 3.8) is 0 Å². The zero-order chi connectivity index (χ0) is 18.5. The number of benzene rings is 3. The third-order valence-electron chi connectivity index (χ3n) is 5.28. The van der Waals surface area contributed by atoms with E-state index in [4.69, 9.17) is 4.42 Å². The Hall–Kier alpha value is -3.64. The minimum Gasteiger partial charge on any atom is -0.455 e. The fraction of sp³-hybridized carbons (Fsp3) is 0.0833. The molecule has 0 aliphatic heterocycles. The third kappa shape index (κ3) is 2.17. The minimum atomic E-state index is 0.642. The molecule has 128 valence electrons. The van der Waals surface area contributed by atoms with Crippen molar-refractivity contribution in [1.29, 1.82) is 5.26 Å². The highest BCUT2D eigenvalue weighted by Gasteiger charge is 2.23. The molecule has 0 spiro atoms. The lowest BCUT2D eigenvalue weighted by Crippen LogP contribution is -2.30. The first-order valence-corrected chi connectivity index (χ1v) is 8.91. The van der Waals surface area contributed by atoms with Crippen molar-refractivity contribution in [2.45, 2.75) is 6.92 Å². The largest absolute Gasteiger partial charge is 0.455 e. The molecule has 27 heavy (non-hydrogen) atoms. The lowest BCUT2D eigenvalue weighted by atomic mass is 9.96. The summed E-state index contributed by atoms with van der Waals surface area (Å²) in [6.07, 6.45) is 2.08. The van der Waals surface area contributed by atoms with Crippen LogP contribution in [0.4, 0.5) is 0 Å². The van der Waals surface area contributed by atoms with E-state index in [0.717, 1.165) is 38.8 Å². The van der Waals surface area contributed by atoms with Gasteiger partial charge >= 0.3 is 0 Å². The van der Waals surface area contributed by atoms with E-state index in [9.17, 15) is 5.26 Å². The average molecular weight is 349 g/mol. The molecule has 0 aliphatic rings. The second-order valence-electron chi connectivity index (χ2n) is 6.89. The fourth-order valence-electron chi connectivity index (χ4n) is 4.00. The van der Waals surface area contributed by atoms with Crippen LogP contribution in [0.1, 0.15) is 11.1 Å². The Kier molecular flexibility index (Phi) is 3.29. The van der Waals surface area contributed by atoms with Gasteiger partial charge in [0.05, 0.1) is 22.6 Å². The van der Waals surface area contributed by atoms with Crippen LogP contribution in [-0.4, -0.2) is 0 Å². The van der Waals surface area contributed by atoms with Crippen molar-refractivity contribution in [2.24, 2.45) is 7.05 Å². The zero-order valence-corrected chi connectivity index (χ0v) is 15.2. The van der Waals surface area contributed by atoms with Gasteiger partial charge in [-0.1, -0.05) is 36.4 Å². The highest BCUT2D eigenvalue weighted by atomic mass is 16.3. The van der Waals surface area contributed by atoms with E-state index in [1.807, 2.05) is 18.2 Å². The Morgan fingerprint density at radius 1 is 0.926 bits per heavy atom. The molecule has 3 aromatic carbocycles. The lowest BCUT2D eigenvalue weighted by molar-refractivity contribution is -0.659. The predicted molar refractivity (Wildman–Crippen MR) is 107 cm³/mol. The highest BCUT2D eigenvalue weighted by molar-refractivity contribution is 6.13. The quantitative estimate of drug-likeness (QED) is 0.380.